The Morgan fingerprint density at radius 3 is 2.81 bits per heavy atom. The number of rotatable bonds is 5. The largest absolute Gasteiger partial charge is 0.461 e. The van der Waals surface area contributed by atoms with Crippen molar-refractivity contribution in [2.24, 2.45) is 0 Å². The van der Waals surface area contributed by atoms with Crippen LogP contribution in [0, 0.1) is 0 Å². The number of hydrogen-bond donors (Lipinski definition) is 1. The van der Waals surface area contributed by atoms with Gasteiger partial charge < -0.3 is 24.4 Å². The van der Waals surface area contributed by atoms with Gasteiger partial charge in [-0.3, -0.25) is 0 Å². The molecule has 1 aliphatic heterocycles. The molecule has 1 amide bonds. The molecule has 10 heteroatoms. The third-order valence-corrected chi connectivity index (χ3v) is 3.73. The van der Waals surface area contributed by atoms with Crippen molar-refractivity contribution in [3.05, 3.63) is 16.9 Å². The van der Waals surface area contributed by atoms with Crippen molar-refractivity contribution in [2.75, 3.05) is 38.2 Å². The first-order chi connectivity index (χ1) is 12.7. The van der Waals surface area contributed by atoms with Crippen LogP contribution in [0.15, 0.2) is 6.07 Å². The lowest BCUT2D eigenvalue weighted by atomic mass is 10.2. The van der Waals surface area contributed by atoms with Crippen LogP contribution in [0.5, 0.6) is 0 Å². The maximum atomic E-state index is 12.2. The second-order valence-electron chi connectivity index (χ2n) is 6.95. The molecular weight excluding hydrogens is 376 g/mol. The van der Waals surface area contributed by atoms with Crippen LogP contribution >= 0.6 is 11.6 Å². The molecule has 0 aromatic carbocycles. The number of nitrogens with zero attached hydrogens (tertiary/aromatic N) is 3. The number of aromatic nitrogens is 2. The van der Waals surface area contributed by atoms with Crippen LogP contribution in [0.3, 0.4) is 0 Å². The summed E-state index contributed by atoms with van der Waals surface area (Å²) in [5, 5.41) is 10.7. The van der Waals surface area contributed by atoms with Crippen LogP contribution in [0.4, 0.5) is 10.5 Å². The Morgan fingerprint density at radius 2 is 2.15 bits per heavy atom. The SMILES string of the molecule is CCOC(=O)c1nnc(Cl)cc1NCC1CN(C(=O)OC(C)(C)C)CCO1. The first kappa shape index (κ1) is 21.2. The van der Waals surface area contributed by atoms with Gasteiger partial charge in [0, 0.05) is 19.2 Å². The predicted octanol–water partition coefficient (Wildman–Crippen LogP) is 2.35. The number of carbonyl (C=O) groups excluding carboxylic acids is 2. The average Bonchev–Trinajstić information content (AvgIpc) is 2.59. The van der Waals surface area contributed by atoms with Crippen molar-refractivity contribution in [1.29, 1.82) is 0 Å². The average molecular weight is 401 g/mol. The van der Waals surface area contributed by atoms with E-state index in [0.29, 0.717) is 31.9 Å². The topological polar surface area (TPSA) is 103 Å². The summed E-state index contributed by atoms with van der Waals surface area (Å²) in [7, 11) is 0. The van der Waals surface area contributed by atoms with Gasteiger partial charge in [-0.2, -0.15) is 0 Å². The molecule has 1 fully saturated rings. The minimum Gasteiger partial charge on any atom is -0.461 e. The van der Waals surface area contributed by atoms with Gasteiger partial charge >= 0.3 is 12.1 Å². The van der Waals surface area contributed by atoms with Crippen molar-refractivity contribution >= 4 is 29.4 Å². The fourth-order valence-corrected chi connectivity index (χ4v) is 2.56. The fourth-order valence-electron chi connectivity index (χ4n) is 2.41. The highest BCUT2D eigenvalue weighted by Crippen LogP contribution is 2.19. The first-order valence-electron chi connectivity index (χ1n) is 8.73. The molecule has 0 aliphatic carbocycles. The zero-order chi connectivity index (χ0) is 20.0. The molecule has 2 heterocycles. The third-order valence-electron chi connectivity index (χ3n) is 3.54. The van der Waals surface area contributed by atoms with E-state index in [9.17, 15) is 9.59 Å². The Kier molecular flexibility index (Phi) is 7.20. The van der Waals surface area contributed by atoms with E-state index in [1.165, 1.54) is 6.07 Å². The van der Waals surface area contributed by atoms with E-state index in [0.717, 1.165) is 0 Å². The summed E-state index contributed by atoms with van der Waals surface area (Å²) in [6.45, 7) is 8.95. The van der Waals surface area contributed by atoms with Crippen molar-refractivity contribution < 1.29 is 23.8 Å². The molecule has 1 aromatic rings. The highest BCUT2D eigenvalue weighted by atomic mass is 35.5. The molecule has 1 unspecified atom stereocenters. The van der Waals surface area contributed by atoms with Crippen LogP contribution < -0.4 is 5.32 Å². The molecular formula is C17H25ClN4O5. The number of nitrogens with one attached hydrogen (secondary N) is 1. The smallest absolute Gasteiger partial charge is 0.410 e. The van der Waals surface area contributed by atoms with E-state index in [2.05, 4.69) is 15.5 Å². The van der Waals surface area contributed by atoms with Crippen LogP contribution in [-0.4, -0.2) is 71.7 Å². The maximum Gasteiger partial charge on any atom is 0.410 e. The standard InChI is InChI=1S/C17H25ClN4O5/c1-5-25-15(23)14-12(8-13(18)20-21-14)19-9-11-10-22(6-7-26-11)16(24)27-17(2,3)4/h8,11H,5-7,9-10H2,1-4H3,(H,19,20). The molecule has 2 rings (SSSR count). The number of carbonyl (C=O) groups is 2. The van der Waals surface area contributed by atoms with Gasteiger partial charge in [-0.25, -0.2) is 9.59 Å². The van der Waals surface area contributed by atoms with E-state index in [1.54, 1.807) is 11.8 Å². The van der Waals surface area contributed by atoms with E-state index in [-0.39, 0.29) is 29.7 Å². The first-order valence-corrected chi connectivity index (χ1v) is 9.11. The highest BCUT2D eigenvalue weighted by molar-refractivity contribution is 6.29. The summed E-state index contributed by atoms with van der Waals surface area (Å²) in [5.41, 5.74) is -0.121. The van der Waals surface area contributed by atoms with Gasteiger partial charge in [0.05, 0.1) is 31.5 Å². The zero-order valence-corrected chi connectivity index (χ0v) is 16.7. The summed E-state index contributed by atoms with van der Waals surface area (Å²) < 4.78 is 16.1. The molecule has 0 bridgehead atoms. The summed E-state index contributed by atoms with van der Waals surface area (Å²) in [5.74, 6) is -0.593. The van der Waals surface area contributed by atoms with Gasteiger partial charge in [-0.1, -0.05) is 11.6 Å². The van der Waals surface area contributed by atoms with Crippen molar-refractivity contribution in [3.8, 4) is 0 Å². The molecule has 150 valence electrons. The van der Waals surface area contributed by atoms with Gasteiger partial charge in [0.1, 0.15) is 5.60 Å². The fraction of sp³-hybridized carbons (Fsp3) is 0.647. The number of hydrogen-bond acceptors (Lipinski definition) is 8. The molecule has 1 saturated heterocycles. The molecule has 0 radical (unpaired) electrons. The van der Waals surface area contributed by atoms with Crippen LogP contribution in [0.25, 0.3) is 0 Å². The van der Waals surface area contributed by atoms with E-state index in [1.807, 2.05) is 20.8 Å². The number of amides is 1. The second-order valence-corrected chi connectivity index (χ2v) is 7.34. The molecule has 0 spiro atoms. The van der Waals surface area contributed by atoms with Gasteiger partial charge in [0.25, 0.3) is 0 Å². The number of esters is 1. The zero-order valence-electron chi connectivity index (χ0n) is 16.0. The van der Waals surface area contributed by atoms with Crippen molar-refractivity contribution in [1.82, 2.24) is 15.1 Å². The van der Waals surface area contributed by atoms with Gasteiger partial charge in [-0.15, -0.1) is 10.2 Å². The minimum atomic E-state index is -0.593. The lowest BCUT2D eigenvalue weighted by molar-refractivity contribution is -0.0371. The van der Waals surface area contributed by atoms with E-state index < -0.39 is 11.6 Å². The molecule has 27 heavy (non-hydrogen) atoms. The Labute approximate surface area is 163 Å². The van der Waals surface area contributed by atoms with Gasteiger partial charge in [-0.05, 0) is 27.7 Å². The van der Waals surface area contributed by atoms with Crippen LogP contribution in [0.1, 0.15) is 38.2 Å². The maximum absolute atomic E-state index is 12.2. The molecule has 1 atom stereocenters. The number of morpholine rings is 1. The summed E-state index contributed by atoms with van der Waals surface area (Å²) in [6, 6.07) is 1.50. The summed E-state index contributed by atoms with van der Waals surface area (Å²) in [4.78, 5) is 25.8. The van der Waals surface area contributed by atoms with Crippen LogP contribution in [-0.2, 0) is 14.2 Å². The normalized spacial score (nSPS) is 17.4. The second kappa shape index (κ2) is 9.18. The van der Waals surface area contributed by atoms with E-state index >= 15 is 0 Å². The van der Waals surface area contributed by atoms with E-state index in [4.69, 9.17) is 25.8 Å². The highest BCUT2D eigenvalue weighted by Gasteiger charge is 2.28. The van der Waals surface area contributed by atoms with Crippen LogP contribution in [0.2, 0.25) is 5.15 Å². The lowest BCUT2D eigenvalue weighted by Crippen LogP contribution is -2.49. The minimum absolute atomic E-state index is 0.0426. The lowest BCUT2D eigenvalue weighted by Gasteiger charge is -2.34. The Morgan fingerprint density at radius 1 is 1.41 bits per heavy atom. The number of anilines is 1. The Balaban J connectivity index is 1.99. The van der Waals surface area contributed by atoms with Gasteiger partial charge in [0.15, 0.2) is 10.8 Å². The van der Waals surface area contributed by atoms with Crippen molar-refractivity contribution in [3.63, 3.8) is 0 Å². The number of halogens is 1. The molecule has 1 aromatic heterocycles. The van der Waals surface area contributed by atoms with Gasteiger partial charge in [0.2, 0.25) is 0 Å². The molecule has 1 N–H and O–H groups in total. The molecule has 9 nitrogen and oxygen atoms in total. The Hall–Kier alpha value is -2.13. The third kappa shape index (κ3) is 6.51. The number of ether oxygens (including phenoxy) is 3. The summed E-state index contributed by atoms with van der Waals surface area (Å²) >= 11 is 5.88. The monoisotopic (exact) mass is 400 g/mol. The predicted molar refractivity (Wildman–Crippen MR) is 99.0 cm³/mol. The molecule has 1 aliphatic rings. The Bertz CT molecular complexity index is 680. The molecule has 0 saturated carbocycles. The quantitative estimate of drug-likeness (QED) is 0.751. The van der Waals surface area contributed by atoms with Crippen molar-refractivity contribution in [2.45, 2.75) is 39.4 Å². The summed E-state index contributed by atoms with van der Waals surface area (Å²) in [6.07, 6.45) is -0.662.